The summed E-state index contributed by atoms with van der Waals surface area (Å²) >= 11 is 0. The first-order valence-corrected chi connectivity index (χ1v) is 10.4. The number of nitrogens with zero attached hydrogens (tertiary/aromatic N) is 1. The first-order valence-electron chi connectivity index (χ1n) is 10.4. The fraction of sp³-hybridized carbons (Fsp3) is 0.111. The number of hydrogen-bond acceptors (Lipinski definition) is 3. The lowest BCUT2D eigenvalue weighted by Crippen LogP contribution is -2.41. The highest BCUT2D eigenvalue weighted by molar-refractivity contribution is 5.88. The predicted octanol–water partition coefficient (Wildman–Crippen LogP) is 5.80. The number of ether oxygens (including phenoxy) is 1. The highest BCUT2D eigenvalue weighted by Gasteiger charge is 2.43. The summed E-state index contributed by atoms with van der Waals surface area (Å²) in [6.45, 7) is 0. The Morgan fingerprint density at radius 2 is 1.38 bits per heavy atom. The van der Waals surface area contributed by atoms with Crippen molar-refractivity contribution in [1.29, 1.82) is 0 Å². The average molecular weight is 423 g/mol. The zero-order valence-corrected chi connectivity index (χ0v) is 17.4. The summed E-state index contributed by atoms with van der Waals surface area (Å²) in [5.41, 5.74) is 4.26. The van der Waals surface area contributed by atoms with Gasteiger partial charge in [0, 0.05) is 0 Å². The Morgan fingerprint density at radius 3 is 1.97 bits per heavy atom. The van der Waals surface area contributed by atoms with Crippen molar-refractivity contribution >= 4 is 22.8 Å². The Balaban J connectivity index is 1.72. The van der Waals surface area contributed by atoms with E-state index in [0.717, 1.165) is 33.0 Å². The van der Waals surface area contributed by atoms with Crippen molar-refractivity contribution in [3.05, 3.63) is 108 Å². The van der Waals surface area contributed by atoms with Gasteiger partial charge in [0.25, 0.3) is 0 Å². The van der Waals surface area contributed by atoms with Gasteiger partial charge in [-0.25, -0.2) is 9.59 Å². The van der Waals surface area contributed by atoms with E-state index in [9.17, 15) is 14.7 Å². The lowest BCUT2D eigenvalue weighted by atomic mass is 9.96. The van der Waals surface area contributed by atoms with Crippen LogP contribution >= 0.6 is 0 Å². The van der Waals surface area contributed by atoms with E-state index in [2.05, 4.69) is 0 Å². The number of fused-ring (bicyclic) bond motifs is 4. The normalized spacial score (nSPS) is 13.3. The number of carboxylic acids is 1. The van der Waals surface area contributed by atoms with Crippen molar-refractivity contribution in [3.8, 4) is 11.1 Å². The van der Waals surface area contributed by atoms with E-state index in [1.807, 2.05) is 84.9 Å². The number of carbonyl (C=O) groups is 2. The fourth-order valence-corrected chi connectivity index (χ4v) is 4.69. The van der Waals surface area contributed by atoms with Crippen LogP contribution in [0.4, 0.5) is 4.79 Å². The van der Waals surface area contributed by atoms with Crippen LogP contribution in [0, 0.1) is 0 Å². The van der Waals surface area contributed by atoms with Gasteiger partial charge in [0.1, 0.15) is 0 Å². The number of amides is 1. The second kappa shape index (κ2) is 7.85. The summed E-state index contributed by atoms with van der Waals surface area (Å²) in [4.78, 5) is 27.1. The maximum Gasteiger partial charge on any atom is 0.411 e. The topological polar surface area (TPSA) is 66.8 Å². The largest absolute Gasteiger partial charge is 0.479 e. The second-order valence-electron chi connectivity index (χ2n) is 7.80. The van der Waals surface area contributed by atoms with Crippen LogP contribution in [0.5, 0.6) is 0 Å². The molecular formula is C27H21NO4. The molecular weight excluding hydrogens is 402 g/mol. The summed E-state index contributed by atoms with van der Waals surface area (Å²) in [7, 11) is 1.28. The van der Waals surface area contributed by atoms with Crippen molar-refractivity contribution in [1.82, 2.24) is 4.90 Å². The highest BCUT2D eigenvalue weighted by Crippen LogP contribution is 2.48. The summed E-state index contributed by atoms with van der Waals surface area (Å²) in [6, 6.07) is 27.0. The van der Waals surface area contributed by atoms with Crippen LogP contribution in [0.15, 0.2) is 91.0 Å². The molecule has 4 aromatic rings. The molecule has 1 aliphatic carbocycles. The van der Waals surface area contributed by atoms with E-state index < -0.39 is 24.1 Å². The number of carbonyl (C=O) groups excluding carboxylic acids is 1. The molecule has 0 aliphatic heterocycles. The molecule has 5 nitrogen and oxygen atoms in total. The SMILES string of the molecule is COC(=O)N(C1c2ccccc2-c2ccccc21)[C@H](C(=O)O)c1ccc2ccccc2c1. The standard InChI is InChI=1S/C27H21NO4/c1-32-27(31)28(24(26(29)30)19-15-14-17-8-2-3-9-18(17)16-19)25-22-12-6-4-10-20(22)21-11-5-7-13-23(21)25/h2-16,24-25H,1H3,(H,29,30)/t24-/m0/s1. The highest BCUT2D eigenvalue weighted by atomic mass is 16.5. The van der Waals surface area contributed by atoms with Crippen molar-refractivity contribution in [2.75, 3.05) is 7.11 Å². The van der Waals surface area contributed by atoms with Crippen LogP contribution in [0.2, 0.25) is 0 Å². The average Bonchev–Trinajstić information content (AvgIpc) is 3.15. The molecule has 5 heteroatoms. The first kappa shape index (κ1) is 19.8. The third-order valence-corrected chi connectivity index (χ3v) is 6.07. The third kappa shape index (κ3) is 3.10. The molecule has 0 spiro atoms. The predicted molar refractivity (Wildman–Crippen MR) is 122 cm³/mol. The van der Waals surface area contributed by atoms with Crippen LogP contribution in [0.25, 0.3) is 21.9 Å². The Labute approximate surface area is 185 Å². The Bertz CT molecular complexity index is 1300. The minimum absolute atomic E-state index is 0.517. The van der Waals surface area contributed by atoms with Crippen molar-refractivity contribution < 1.29 is 19.4 Å². The molecule has 158 valence electrons. The van der Waals surface area contributed by atoms with Gasteiger partial charge in [-0.05, 0) is 44.7 Å². The van der Waals surface area contributed by atoms with Gasteiger partial charge in [-0.2, -0.15) is 0 Å². The number of benzene rings is 4. The van der Waals surface area contributed by atoms with Crippen LogP contribution in [-0.2, 0) is 9.53 Å². The number of rotatable bonds is 4. The summed E-state index contributed by atoms with van der Waals surface area (Å²) in [6.07, 6.45) is -0.693. The van der Waals surface area contributed by atoms with Gasteiger partial charge in [0.2, 0.25) is 0 Å². The van der Waals surface area contributed by atoms with Gasteiger partial charge < -0.3 is 9.84 Å². The monoisotopic (exact) mass is 423 g/mol. The lowest BCUT2D eigenvalue weighted by molar-refractivity contribution is -0.143. The van der Waals surface area contributed by atoms with E-state index >= 15 is 0 Å². The van der Waals surface area contributed by atoms with Gasteiger partial charge in [-0.15, -0.1) is 0 Å². The lowest BCUT2D eigenvalue weighted by Gasteiger charge is -2.34. The molecule has 0 unspecified atom stereocenters. The number of aliphatic carboxylic acids is 1. The minimum atomic E-state index is -1.23. The maximum atomic E-state index is 13.1. The van der Waals surface area contributed by atoms with E-state index in [0.29, 0.717) is 5.56 Å². The molecule has 1 amide bonds. The fourth-order valence-electron chi connectivity index (χ4n) is 4.69. The van der Waals surface area contributed by atoms with Gasteiger partial charge in [-0.1, -0.05) is 84.9 Å². The molecule has 0 saturated carbocycles. The molecule has 0 saturated heterocycles. The Hall–Kier alpha value is -4.12. The minimum Gasteiger partial charge on any atom is -0.479 e. The second-order valence-corrected chi connectivity index (χ2v) is 7.80. The number of carboxylic acid groups (broad SMARTS) is 1. The summed E-state index contributed by atoms with van der Waals surface area (Å²) in [5, 5.41) is 12.2. The Kier molecular flexibility index (Phi) is 4.86. The number of methoxy groups -OCH3 is 1. The molecule has 1 N–H and O–H groups in total. The zero-order chi connectivity index (χ0) is 22.2. The van der Waals surface area contributed by atoms with Crippen LogP contribution < -0.4 is 0 Å². The molecule has 0 fully saturated rings. The maximum absolute atomic E-state index is 13.1. The van der Waals surface area contributed by atoms with Crippen LogP contribution in [-0.4, -0.2) is 29.2 Å². The summed E-state index contributed by atoms with van der Waals surface area (Å²) in [5.74, 6) is -1.12. The van der Waals surface area contributed by atoms with E-state index in [4.69, 9.17) is 4.74 Å². The van der Waals surface area contributed by atoms with Gasteiger partial charge >= 0.3 is 12.1 Å². The molecule has 1 atom stereocenters. The molecule has 32 heavy (non-hydrogen) atoms. The first-order chi connectivity index (χ1) is 15.6. The van der Waals surface area contributed by atoms with E-state index in [-0.39, 0.29) is 0 Å². The van der Waals surface area contributed by atoms with Gasteiger partial charge in [-0.3, -0.25) is 4.90 Å². The van der Waals surface area contributed by atoms with E-state index in [1.54, 1.807) is 6.07 Å². The molecule has 0 aromatic heterocycles. The third-order valence-electron chi connectivity index (χ3n) is 6.07. The molecule has 1 aliphatic rings. The van der Waals surface area contributed by atoms with Gasteiger partial charge in [0.05, 0.1) is 13.2 Å². The van der Waals surface area contributed by atoms with E-state index in [1.165, 1.54) is 12.0 Å². The van der Waals surface area contributed by atoms with Crippen molar-refractivity contribution in [2.45, 2.75) is 12.1 Å². The van der Waals surface area contributed by atoms with Gasteiger partial charge in [0.15, 0.2) is 6.04 Å². The number of hydrogen-bond donors (Lipinski definition) is 1. The van der Waals surface area contributed by atoms with Crippen LogP contribution in [0.1, 0.15) is 28.8 Å². The molecule has 0 bridgehead atoms. The quantitative estimate of drug-likeness (QED) is 0.450. The molecule has 5 rings (SSSR count). The van der Waals surface area contributed by atoms with Crippen molar-refractivity contribution in [3.63, 3.8) is 0 Å². The zero-order valence-electron chi connectivity index (χ0n) is 17.4. The van der Waals surface area contributed by atoms with Crippen molar-refractivity contribution in [2.24, 2.45) is 0 Å². The molecule has 0 heterocycles. The Morgan fingerprint density at radius 1 is 0.812 bits per heavy atom. The molecule has 0 radical (unpaired) electrons. The summed E-state index contributed by atoms with van der Waals surface area (Å²) < 4.78 is 5.12. The molecule has 4 aromatic carbocycles. The smallest absolute Gasteiger partial charge is 0.411 e. The van der Waals surface area contributed by atoms with Crippen LogP contribution in [0.3, 0.4) is 0 Å².